The van der Waals surface area contributed by atoms with E-state index in [9.17, 15) is 9.59 Å². The van der Waals surface area contributed by atoms with Crippen LogP contribution >= 0.6 is 0 Å². The van der Waals surface area contributed by atoms with Gasteiger partial charge in [-0.05, 0) is 37.3 Å². The molecular weight excluding hydrogens is 332 g/mol. The Hall–Kier alpha value is -3.09. The SMILES string of the molecule is CCOc1ccc(NC(=O)c2cncc(N3CCN(C=O)CC3)c2)cc1. The van der Waals surface area contributed by atoms with Crippen LogP contribution in [0.1, 0.15) is 17.3 Å². The largest absolute Gasteiger partial charge is 0.494 e. The number of nitrogens with zero attached hydrogens (tertiary/aromatic N) is 3. The quantitative estimate of drug-likeness (QED) is 0.803. The van der Waals surface area contributed by atoms with Gasteiger partial charge in [0.05, 0.1) is 24.1 Å². The minimum atomic E-state index is -0.213. The van der Waals surface area contributed by atoms with Gasteiger partial charge in [-0.2, -0.15) is 0 Å². The zero-order chi connectivity index (χ0) is 18.4. The molecule has 0 atom stereocenters. The van der Waals surface area contributed by atoms with Gasteiger partial charge in [-0.25, -0.2) is 0 Å². The molecule has 1 aliphatic heterocycles. The molecule has 136 valence electrons. The summed E-state index contributed by atoms with van der Waals surface area (Å²) in [7, 11) is 0. The summed E-state index contributed by atoms with van der Waals surface area (Å²) < 4.78 is 5.40. The lowest BCUT2D eigenvalue weighted by molar-refractivity contribution is -0.118. The molecule has 0 radical (unpaired) electrons. The molecule has 0 spiro atoms. The number of ether oxygens (including phenoxy) is 1. The highest BCUT2D eigenvalue weighted by Crippen LogP contribution is 2.19. The Kier molecular flexibility index (Phi) is 5.68. The number of nitrogens with one attached hydrogen (secondary N) is 1. The predicted octanol–water partition coefficient (Wildman–Crippen LogP) is 2.01. The van der Waals surface area contributed by atoms with Crippen molar-refractivity contribution in [3.05, 3.63) is 48.3 Å². The summed E-state index contributed by atoms with van der Waals surface area (Å²) in [6, 6.07) is 9.08. The Morgan fingerprint density at radius 2 is 1.92 bits per heavy atom. The number of pyridine rings is 1. The number of aromatic nitrogens is 1. The van der Waals surface area contributed by atoms with Crippen molar-refractivity contribution in [2.45, 2.75) is 6.92 Å². The van der Waals surface area contributed by atoms with E-state index in [2.05, 4.69) is 15.2 Å². The Morgan fingerprint density at radius 1 is 1.19 bits per heavy atom. The van der Waals surface area contributed by atoms with Gasteiger partial charge in [0.1, 0.15) is 5.75 Å². The van der Waals surface area contributed by atoms with Gasteiger partial charge < -0.3 is 19.9 Å². The van der Waals surface area contributed by atoms with Crippen LogP contribution in [-0.2, 0) is 4.79 Å². The van der Waals surface area contributed by atoms with Crippen molar-refractivity contribution in [2.24, 2.45) is 0 Å². The van der Waals surface area contributed by atoms with Crippen LogP contribution < -0.4 is 15.0 Å². The number of carbonyl (C=O) groups excluding carboxylic acids is 2. The van der Waals surface area contributed by atoms with Crippen molar-refractivity contribution in [3.63, 3.8) is 0 Å². The van der Waals surface area contributed by atoms with Gasteiger partial charge in [-0.1, -0.05) is 0 Å². The number of piperazine rings is 1. The summed E-state index contributed by atoms with van der Waals surface area (Å²) in [6.07, 6.45) is 4.16. The summed E-state index contributed by atoms with van der Waals surface area (Å²) in [5, 5.41) is 2.87. The van der Waals surface area contributed by atoms with Crippen LogP contribution in [0.15, 0.2) is 42.7 Å². The molecule has 0 bridgehead atoms. The van der Waals surface area contributed by atoms with E-state index in [-0.39, 0.29) is 5.91 Å². The van der Waals surface area contributed by atoms with Crippen molar-refractivity contribution in [1.29, 1.82) is 0 Å². The lowest BCUT2D eigenvalue weighted by Crippen LogP contribution is -2.45. The molecule has 1 aromatic heterocycles. The van der Waals surface area contributed by atoms with Gasteiger partial charge in [0.15, 0.2) is 0 Å². The van der Waals surface area contributed by atoms with E-state index >= 15 is 0 Å². The molecule has 0 aliphatic carbocycles. The van der Waals surface area contributed by atoms with E-state index in [1.165, 1.54) is 0 Å². The summed E-state index contributed by atoms with van der Waals surface area (Å²) >= 11 is 0. The minimum absolute atomic E-state index is 0.213. The second-order valence-electron chi connectivity index (χ2n) is 5.97. The normalized spacial score (nSPS) is 14.0. The second-order valence-corrected chi connectivity index (χ2v) is 5.97. The van der Waals surface area contributed by atoms with Crippen molar-refractivity contribution in [3.8, 4) is 5.75 Å². The zero-order valence-electron chi connectivity index (χ0n) is 14.7. The maximum atomic E-state index is 12.5. The minimum Gasteiger partial charge on any atom is -0.494 e. The molecule has 0 unspecified atom stereocenters. The number of hydrogen-bond acceptors (Lipinski definition) is 5. The lowest BCUT2D eigenvalue weighted by atomic mass is 10.2. The Labute approximate surface area is 152 Å². The van der Waals surface area contributed by atoms with E-state index in [0.717, 1.165) is 30.9 Å². The fourth-order valence-electron chi connectivity index (χ4n) is 2.81. The molecule has 2 heterocycles. The third-order valence-corrected chi connectivity index (χ3v) is 4.24. The van der Waals surface area contributed by atoms with Crippen LogP contribution in [0.5, 0.6) is 5.75 Å². The van der Waals surface area contributed by atoms with Gasteiger partial charge in [0.25, 0.3) is 5.91 Å². The maximum absolute atomic E-state index is 12.5. The zero-order valence-corrected chi connectivity index (χ0v) is 14.7. The van der Waals surface area contributed by atoms with Gasteiger partial charge >= 0.3 is 0 Å². The second kappa shape index (κ2) is 8.33. The average molecular weight is 354 g/mol. The van der Waals surface area contributed by atoms with Crippen LogP contribution in [0, 0.1) is 0 Å². The molecule has 1 aliphatic rings. The van der Waals surface area contributed by atoms with Gasteiger partial charge in [0, 0.05) is 38.1 Å². The number of amides is 2. The van der Waals surface area contributed by atoms with E-state index in [1.54, 1.807) is 29.4 Å². The van der Waals surface area contributed by atoms with Gasteiger partial charge in [-0.3, -0.25) is 14.6 Å². The summed E-state index contributed by atoms with van der Waals surface area (Å²) in [6.45, 7) is 5.33. The number of benzene rings is 1. The monoisotopic (exact) mass is 354 g/mol. The van der Waals surface area contributed by atoms with Crippen molar-refractivity contribution >= 4 is 23.7 Å². The Morgan fingerprint density at radius 3 is 2.58 bits per heavy atom. The standard InChI is InChI=1S/C19H22N4O3/c1-2-26-18-5-3-16(4-6-18)21-19(25)15-11-17(13-20-12-15)23-9-7-22(14-24)8-10-23/h3-6,11-14H,2,7-10H2,1H3,(H,21,25). The Bertz CT molecular complexity index is 756. The number of rotatable bonds is 6. The molecule has 2 aromatic rings. The lowest BCUT2D eigenvalue weighted by Gasteiger charge is -2.34. The first-order valence-corrected chi connectivity index (χ1v) is 8.63. The van der Waals surface area contributed by atoms with Crippen molar-refractivity contribution < 1.29 is 14.3 Å². The van der Waals surface area contributed by atoms with Crippen LogP contribution in [0.4, 0.5) is 11.4 Å². The van der Waals surface area contributed by atoms with E-state index in [4.69, 9.17) is 4.74 Å². The topological polar surface area (TPSA) is 74.8 Å². The molecule has 1 N–H and O–H groups in total. The molecule has 7 heteroatoms. The Balaban J connectivity index is 1.65. The molecule has 7 nitrogen and oxygen atoms in total. The van der Waals surface area contributed by atoms with E-state index in [1.807, 2.05) is 25.1 Å². The molecule has 1 aromatic carbocycles. The fourth-order valence-corrected chi connectivity index (χ4v) is 2.81. The highest BCUT2D eigenvalue weighted by atomic mass is 16.5. The molecule has 1 saturated heterocycles. The molecule has 1 fully saturated rings. The van der Waals surface area contributed by atoms with Crippen LogP contribution in [0.3, 0.4) is 0 Å². The molecule has 0 saturated carbocycles. The number of carbonyl (C=O) groups is 2. The third kappa shape index (κ3) is 4.30. The summed E-state index contributed by atoms with van der Waals surface area (Å²) in [5.74, 6) is 0.554. The van der Waals surface area contributed by atoms with Gasteiger partial charge in [0.2, 0.25) is 6.41 Å². The smallest absolute Gasteiger partial charge is 0.257 e. The highest BCUT2D eigenvalue weighted by molar-refractivity contribution is 6.04. The first kappa shape index (κ1) is 17.7. The van der Waals surface area contributed by atoms with Crippen LogP contribution in [-0.4, -0.2) is 55.0 Å². The average Bonchev–Trinajstić information content (AvgIpc) is 2.70. The molecule has 26 heavy (non-hydrogen) atoms. The van der Waals surface area contributed by atoms with Crippen molar-refractivity contribution in [2.75, 3.05) is 43.0 Å². The summed E-state index contributed by atoms with van der Waals surface area (Å²) in [4.78, 5) is 31.4. The fraction of sp³-hybridized carbons (Fsp3) is 0.316. The van der Waals surface area contributed by atoms with Crippen LogP contribution in [0.25, 0.3) is 0 Å². The maximum Gasteiger partial charge on any atom is 0.257 e. The van der Waals surface area contributed by atoms with Gasteiger partial charge in [-0.15, -0.1) is 0 Å². The predicted molar refractivity (Wildman–Crippen MR) is 99.7 cm³/mol. The first-order chi connectivity index (χ1) is 12.7. The van der Waals surface area contributed by atoms with E-state index in [0.29, 0.717) is 30.9 Å². The third-order valence-electron chi connectivity index (χ3n) is 4.24. The molecule has 2 amide bonds. The molecular formula is C19H22N4O3. The molecule has 3 rings (SSSR count). The summed E-state index contributed by atoms with van der Waals surface area (Å²) in [5.41, 5.74) is 2.08. The highest BCUT2D eigenvalue weighted by Gasteiger charge is 2.17. The number of anilines is 2. The first-order valence-electron chi connectivity index (χ1n) is 8.63. The number of hydrogen-bond donors (Lipinski definition) is 1. The van der Waals surface area contributed by atoms with Crippen molar-refractivity contribution in [1.82, 2.24) is 9.88 Å². The van der Waals surface area contributed by atoms with Crippen LogP contribution in [0.2, 0.25) is 0 Å². The van der Waals surface area contributed by atoms with E-state index < -0.39 is 0 Å².